The van der Waals surface area contributed by atoms with Crippen LogP contribution >= 0.6 is 0 Å². The maximum atomic E-state index is 13.2. The number of carboxylic acids is 1. The predicted octanol–water partition coefficient (Wildman–Crippen LogP) is 4.51. The van der Waals surface area contributed by atoms with Gasteiger partial charge in [0.1, 0.15) is 11.5 Å². The molecule has 0 atom stereocenters. The zero-order chi connectivity index (χ0) is 22.3. The SMILES string of the molecule is COc1ccc([N+](=O)[O-])cc1-c1ccc(C(=O)n2c(C)c(C(=O)O)c3ccccc32)o1. The third-order valence-corrected chi connectivity index (χ3v) is 5.00. The zero-order valence-corrected chi connectivity index (χ0v) is 16.5. The number of aromatic nitrogens is 1. The molecule has 0 unspecified atom stereocenters. The highest BCUT2D eigenvalue weighted by molar-refractivity contribution is 6.10. The van der Waals surface area contributed by atoms with E-state index in [0.717, 1.165) is 0 Å². The average Bonchev–Trinajstić information content (AvgIpc) is 3.35. The fourth-order valence-electron chi connectivity index (χ4n) is 3.61. The molecule has 0 fully saturated rings. The Labute approximate surface area is 175 Å². The Morgan fingerprint density at radius 1 is 1.13 bits per heavy atom. The fourth-order valence-corrected chi connectivity index (χ4v) is 3.61. The van der Waals surface area contributed by atoms with Crippen molar-refractivity contribution in [3.63, 3.8) is 0 Å². The van der Waals surface area contributed by atoms with Crippen LogP contribution in [0, 0.1) is 17.0 Å². The van der Waals surface area contributed by atoms with E-state index in [9.17, 15) is 24.8 Å². The van der Waals surface area contributed by atoms with Crippen molar-refractivity contribution in [1.82, 2.24) is 4.57 Å². The Balaban J connectivity index is 1.83. The van der Waals surface area contributed by atoms with Gasteiger partial charge in [-0.2, -0.15) is 0 Å². The van der Waals surface area contributed by atoms with Crippen LogP contribution in [0.4, 0.5) is 5.69 Å². The van der Waals surface area contributed by atoms with Crippen LogP contribution in [-0.2, 0) is 0 Å². The lowest BCUT2D eigenvalue weighted by molar-refractivity contribution is -0.384. The minimum atomic E-state index is -1.14. The second kappa shape index (κ2) is 7.45. The van der Waals surface area contributed by atoms with E-state index in [0.29, 0.717) is 22.2 Å². The summed E-state index contributed by atoms with van der Waals surface area (Å²) in [6.45, 7) is 1.55. The van der Waals surface area contributed by atoms with E-state index in [1.165, 1.54) is 42.0 Å². The van der Waals surface area contributed by atoms with E-state index in [1.807, 2.05) is 0 Å². The lowest BCUT2D eigenvalue weighted by Gasteiger charge is -2.07. The molecule has 0 aliphatic heterocycles. The standard InChI is InChI=1S/C22H16N2O7/c1-12-20(22(26)27)14-5-3-4-6-16(14)23(12)21(25)19-10-9-18(31-19)15-11-13(24(28)29)7-8-17(15)30-2/h3-11H,1-2H3,(H,26,27). The molecule has 0 saturated carbocycles. The number of methoxy groups -OCH3 is 1. The van der Waals surface area contributed by atoms with Gasteiger partial charge >= 0.3 is 5.97 Å². The molecule has 0 spiro atoms. The van der Waals surface area contributed by atoms with Crippen LogP contribution in [-0.4, -0.2) is 33.6 Å². The van der Waals surface area contributed by atoms with E-state index in [4.69, 9.17) is 9.15 Å². The number of nitrogens with zero attached hydrogens (tertiary/aromatic N) is 2. The molecule has 0 bridgehead atoms. The second-order valence-electron chi connectivity index (χ2n) is 6.73. The number of fused-ring (bicyclic) bond motifs is 1. The molecule has 9 nitrogen and oxygen atoms in total. The van der Waals surface area contributed by atoms with Crippen LogP contribution in [0.2, 0.25) is 0 Å². The number of rotatable bonds is 5. The second-order valence-corrected chi connectivity index (χ2v) is 6.73. The van der Waals surface area contributed by atoms with Gasteiger partial charge in [-0.05, 0) is 31.2 Å². The number of benzene rings is 2. The van der Waals surface area contributed by atoms with E-state index in [2.05, 4.69) is 0 Å². The summed E-state index contributed by atoms with van der Waals surface area (Å²) in [5, 5.41) is 21.2. The predicted molar refractivity (Wildman–Crippen MR) is 111 cm³/mol. The minimum absolute atomic E-state index is 0.0380. The number of carboxylic acid groups (broad SMARTS) is 1. The van der Waals surface area contributed by atoms with Crippen LogP contribution < -0.4 is 4.74 Å². The quantitative estimate of drug-likeness (QED) is 0.372. The Hall–Kier alpha value is -4.40. The highest BCUT2D eigenvalue weighted by Gasteiger charge is 2.25. The molecule has 0 amide bonds. The molecule has 0 radical (unpaired) electrons. The van der Waals surface area contributed by atoms with E-state index < -0.39 is 16.8 Å². The summed E-state index contributed by atoms with van der Waals surface area (Å²) in [6, 6.07) is 13.7. The molecular weight excluding hydrogens is 404 g/mol. The molecule has 4 rings (SSSR count). The van der Waals surface area contributed by atoms with Crippen molar-refractivity contribution in [3.05, 3.63) is 81.7 Å². The van der Waals surface area contributed by atoms with Crippen LogP contribution in [0.25, 0.3) is 22.2 Å². The van der Waals surface area contributed by atoms with Crippen molar-refractivity contribution in [2.75, 3.05) is 7.11 Å². The molecule has 1 N–H and O–H groups in total. The topological polar surface area (TPSA) is 125 Å². The number of non-ortho nitro benzene ring substituents is 1. The summed E-state index contributed by atoms with van der Waals surface area (Å²) < 4.78 is 12.3. The van der Waals surface area contributed by atoms with Gasteiger partial charge in [0.05, 0.1) is 28.7 Å². The Bertz CT molecular complexity index is 1360. The van der Waals surface area contributed by atoms with E-state index >= 15 is 0 Å². The minimum Gasteiger partial charge on any atom is -0.496 e. The largest absolute Gasteiger partial charge is 0.496 e. The number of furan rings is 1. The maximum Gasteiger partial charge on any atom is 0.338 e. The normalized spacial score (nSPS) is 10.9. The molecule has 0 aliphatic rings. The van der Waals surface area contributed by atoms with Crippen molar-refractivity contribution < 1.29 is 28.8 Å². The summed E-state index contributed by atoms with van der Waals surface area (Å²) in [4.78, 5) is 35.6. The van der Waals surface area contributed by atoms with Crippen molar-refractivity contribution in [1.29, 1.82) is 0 Å². The lowest BCUT2D eigenvalue weighted by atomic mass is 10.1. The van der Waals surface area contributed by atoms with Gasteiger partial charge in [0.25, 0.3) is 11.6 Å². The van der Waals surface area contributed by atoms with Gasteiger partial charge in [-0.1, -0.05) is 18.2 Å². The number of nitro groups is 1. The molecule has 0 aliphatic carbocycles. The number of hydrogen-bond donors (Lipinski definition) is 1. The number of ether oxygens (including phenoxy) is 1. The highest BCUT2D eigenvalue weighted by atomic mass is 16.6. The number of para-hydroxylation sites is 1. The zero-order valence-electron chi connectivity index (χ0n) is 16.5. The van der Waals surface area contributed by atoms with Crippen LogP contribution in [0.1, 0.15) is 26.6 Å². The molecule has 2 aromatic heterocycles. The molecule has 156 valence electrons. The van der Waals surface area contributed by atoms with Gasteiger partial charge in [-0.3, -0.25) is 19.5 Å². The fraction of sp³-hybridized carbons (Fsp3) is 0.0909. The first-order valence-electron chi connectivity index (χ1n) is 9.14. The summed E-state index contributed by atoms with van der Waals surface area (Å²) in [7, 11) is 1.42. The van der Waals surface area contributed by atoms with E-state index in [-0.39, 0.29) is 28.5 Å². The number of aromatic carboxylic acids is 1. The first-order chi connectivity index (χ1) is 14.8. The van der Waals surface area contributed by atoms with Gasteiger partial charge in [0, 0.05) is 23.2 Å². The Kier molecular flexibility index (Phi) is 4.78. The van der Waals surface area contributed by atoms with Gasteiger partial charge in [0.15, 0.2) is 5.76 Å². The summed E-state index contributed by atoms with van der Waals surface area (Å²) >= 11 is 0. The monoisotopic (exact) mass is 420 g/mol. The summed E-state index contributed by atoms with van der Waals surface area (Å²) in [5.74, 6) is -1.20. The van der Waals surface area contributed by atoms with Gasteiger partial charge < -0.3 is 14.3 Å². The van der Waals surface area contributed by atoms with Crippen molar-refractivity contribution in [2.24, 2.45) is 0 Å². The van der Waals surface area contributed by atoms with Crippen molar-refractivity contribution in [2.45, 2.75) is 6.92 Å². The molecule has 0 saturated heterocycles. The lowest BCUT2D eigenvalue weighted by Crippen LogP contribution is -2.13. The molecule has 2 heterocycles. The van der Waals surface area contributed by atoms with Crippen LogP contribution in [0.5, 0.6) is 5.75 Å². The molecule has 9 heteroatoms. The molecule has 2 aromatic carbocycles. The third-order valence-electron chi connectivity index (χ3n) is 5.00. The summed E-state index contributed by atoms with van der Waals surface area (Å²) in [5.41, 5.74) is 0.906. The van der Waals surface area contributed by atoms with Gasteiger partial charge in [0.2, 0.25) is 0 Å². The molecule has 4 aromatic rings. The number of carbonyl (C=O) groups excluding carboxylic acids is 1. The summed E-state index contributed by atoms with van der Waals surface area (Å²) in [6.07, 6.45) is 0. The van der Waals surface area contributed by atoms with E-state index in [1.54, 1.807) is 31.2 Å². The third kappa shape index (κ3) is 3.21. The maximum absolute atomic E-state index is 13.2. The first kappa shape index (κ1) is 19.9. The van der Waals surface area contributed by atoms with Crippen molar-refractivity contribution >= 4 is 28.5 Å². The molecular formula is C22H16N2O7. The van der Waals surface area contributed by atoms with Crippen molar-refractivity contribution in [3.8, 4) is 17.1 Å². The molecule has 31 heavy (non-hydrogen) atoms. The van der Waals surface area contributed by atoms with Gasteiger partial charge in [-0.15, -0.1) is 0 Å². The first-order valence-corrected chi connectivity index (χ1v) is 9.14. The Morgan fingerprint density at radius 3 is 2.55 bits per heavy atom. The number of hydrogen-bond acceptors (Lipinski definition) is 6. The average molecular weight is 420 g/mol. The van der Waals surface area contributed by atoms with Crippen LogP contribution in [0.15, 0.2) is 59.0 Å². The highest BCUT2D eigenvalue weighted by Crippen LogP contribution is 2.35. The number of nitro benzene ring substituents is 1. The Morgan fingerprint density at radius 2 is 1.87 bits per heavy atom. The number of carbonyl (C=O) groups is 2. The van der Waals surface area contributed by atoms with Crippen LogP contribution in [0.3, 0.4) is 0 Å². The van der Waals surface area contributed by atoms with Gasteiger partial charge in [-0.25, -0.2) is 4.79 Å². The smallest absolute Gasteiger partial charge is 0.338 e.